The quantitative estimate of drug-likeness (QED) is 0.149. The van der Waals surface area contributed by atoms with Crippen molar-refractivity contribution in [3.63, 3.8) is 0 Å². The predicted molar refractivity (Wildman–Crippen MR) is 156 cm³/mol. The molecule has 4 nitrogen and oxygen atoms in total. The number of rotatable bonds is 16. The Labute approximate surface area is 241 Å². The number of hydrogen-bond donors (Lipinski definition) is 0. The fraction of sp³-hybridized carbons (Fsp3) is 0.765. The van der Waals surface area contributed by atoms with E-state index in [0.29, 0.717) is 11.8 Å². The Morgan fingerprint density at radius 3 is 1.68 bits per heavy atom. The van der Waals surface area contributed by atoms with Gasteiger partial charge in [-0.3, -0.25) is 0 Å². The summed E-state index contributed by atoms with van der Waals surface area (Å²) in [5.41, 5.74) is 2.67. The number of aryl methyl sites for hydroxylation is 1. The fourth-order valence-electron chi connectivity index (χ4n) is 6.24. The van der Waals surface area contributed by atoms with Gasteiger partial charge in [-0.15, -0.1) is 0 Å². The van der Waals surface area contributed by atoms with E-state index in [1.165, 1.54) is 11.1 Å². The monoisotopic (exact) mass is 562 g/mol. The van der Waals surface area contributed by atoms with Gasteiger partial charge in [-0.1, -0.05) is 63.8 Å². The molecule has 0 spiro atoms. The molecule has 0 bridgehead atoms. The second-order valence-corrected chi connectivity index (χ2v) is 12.2. The highest BCUT2D eigenvalue weighted by Crippen LogP contribution is 2.35. The van der Waals surface area contributed by atoms with Gasteiger partial charge in [0.25, 0.3) is 0 Å². The van der Waals surface area contributed by atoms with E-state index in [9.17, 15) is 18.4 Å². The summed E-state index contributed by atoms with van der Waals surface area (Å²) in [7, 11) is 0. The molecule has 1 aromatic carbocycles. The van der Waals surface area contributed by atoms with Crippen molar-refractivity contribution in [1.82, 2.24) is 0 Å². The molecule has 0 aromatic heterocycles. The van der Waals surface area contributed by atoms with Gasteiger partial charge in [0.2, 0.25) is 0 Å². The van der Waals surface area contributed by atoms with Crippen molar-refractivity contribution in [3.05, 3.63) is 35.4 Å². The Morgan fingerprint density at radius 1 is 0.725 bits per heavy atom. The minimum Gasteiger partial charge on any atom is -0.460 e. The van der Waals surface area contributed by atoms with Crippen LogP contribution in [0.15, 0.2) is 24.3 Å². The first-order valence-corrected chi connectivity index (χ1v) is 16.2. The zero-order valence-corrected chi connectivity index (χ0v) is 24.9. The minimum atomic E-state index is -1.49. The fourth-order valence-corrected chi connectivity index (χ4v) is 6.24. The number of unbranched alkanes of at least 4 members (excludes halogenated alkanes) is 4. The smallest absolute Gasteiger partial charge is 0.340 e. The maximum absolute atomic E-state index is 14.1. The summed E-state index contributed by atoms with van der Waals surface area (Å²) < 4.78 is 39.0. The van der Waals surface area contributed by atoms with Crippen LogP contribution in [0, 0.1) is 5.92 Å². The van der Waals surface area contributed by atoms with Gasteiger partial charge in [0.1, 0.15) is 12.2 Å². The van der Waals surface area contributed by atoms with E-state index in [4.69, 9.17) is 9.47 Å². The van der Waals surface area contributed by atoms with E-state index in [2.05, 4.69) is 38.1 Å². The van der Waals surface area contributed by atoms with Crippen LogP contribution >= 0.6 is 0 Å². The van der Waals surface area contributed by atoms with Gasteiger partial charge in [-0.2, -0.15) is 0 Å². The van der Waals surface area contributed by atoms with Crippen molar-refractivity contribution in [3.8, 4) is 0 Å². The molecular weight excluding hydrogens is 510 g/mol. The largest absolute Gasteiger partial charge is 0.460 e. The van der Waals surface area contributed by atoms with E-state index < -0.39 is 24.3 Å². The third kappa shape index (κ3) is 11.1. The zero-order chi connectivity index (χ0) is 28.7. The first-order chi connectivity index (χ1) is 19.4. The number of alkyl halides is 2. The van der Waals surface area contributed by atoms with Crippen molar-refractivity contribution in [2.24, 2.45) is 5.92 Å². The van der Waals surface area contributed by atoms with Crippen molar-refractivity contribution >= 4 is 11.9 Å². The van der Waals surface area contributed by atoms with E-state index in [-0.39, 0.29) is 25.0 Å². The van der Waals surface area contributed by atoms with E-state index in [1.807, 2.05) is 0 Å². The molecule has 3 rings (SSSR count). The van der Waals surface area contributed by atoms with Crippen LogP contribution in [0.3, 0.4) is 0 Å². The van der Waals surface area contributed by atoms with E-state index in [1.54, 1.807) is 0 Å². The van der Waals surface area contributed by atoms with Crippen LogP contribution in [0.4, 0.5) is 8.78 Å². The number of ether oxygens (including phenoxy) is 2. The highest BCUT2D eigenvalue weighted by atomic mass is 19.1. The summed E-state index contributed by atoms with van der Waals surface area (Å²) in [6, 6.07) is 8.95. The van der Waals surface area contributed by atoms with Gasteiger partial charge >= 0.3 is 11.9 Å². The average Bonchev–Trinajstić information content (AvgIpc) is 2.97. The maximum atomic E-state index is 14.1. The molecule has 40 heavy (non-hydrogen) atoms. The van der Waals surface area contributed by atoms with Crippen LogP contribution in [0.5, 0.6) is 0 Å². The van der Waals surface area contributed by atoms with Gasteiger partial charge in [0, 0.05) is 0 Å². The Balaban J connectivity index is 1.31. The molecule has 0 unspecified atom stereocenters. The summed E-state index contributed by atoms with van der Waals surface area (Å²) in [5, 5.41) is 0. The van der Waals surface area contributed by atoms with Crippen LogP contribution in [0.25, 0.3) is 0 Å². The summed E-state index contributed by atoms with van der Waals surface area (Å²) in [6.07, 6.45) is 12.1. The van der Waals surface area contributed by atoms with Crippen LogP contribution in [-0.4, -0.2) is 36.5 Å². The molecule has 2 atom stereocenters. The molecule has 0 amide bonds. The van der Waals surface area contributed by atoms with Crippen LogP contribution in [0.2, 0.25) is 0 Å². The SMILES string of the molecule is CCCCC[C@H](F)C(=O)O[C@H]1CC[C@H](CCc2ccc([C@H]3CC[C@H](OC(=O)[C@@H](F)CCCCC)CC3)cc2)CC1. The van der Waals surface area contributed by atoms with Crippen molar-refractivity contribution < 1.29 is 27.8 Å². The van der Waals surface area contributed by atoms with Crippen molar-refractivity contribution in [2.75, 3.05) is 0 Å². The lowest BCUT2D eigenvalue weighted by atomic mass is 9.81. The number of benzene rings is 1. The van der Waals surface area contributed by atoms with Crippen molar-refractivity contribution in [2.45, 2.75) is 160 Å². The number of esters is 2. The normalized spacial score (nSPS) is 24.7. The molecule has 226 valence electrons. The standard InChI is InChI=1S/C34H52F2O4/c1-3-5-7-9-31(35)33(37)39-29-21-15-26(16-22-29)12-11-25-13-17-27(18-14-25)28-19-23-30(24-20-28)40-34(38)32(36)10-8-6-4-2/h13-14,17-18,26,28-32H,3-12,15-16,19-24H2,1-2H3/t26-,28-,29-,30-,31-,32-/m0/s1. The third-order valence-electron chi connectivity index (χ3n) is 8.96. The molecule has 0 heterocycles. The van der Waals surface area contributed by atoms with Gasteiger partial charge < -0.3 is 9.47 Å². The molecular formula is C34H52F2O4. The van der Waals surface area contributed by atoms with Crippen LogP contribution in [-0.2, 0) is 25.5 Å². The summed E-state index contributed by atoms with van der Waals surface area (Å²) in [6.45, 7) is 4.13. The maximum Gasteiger partial charge on any atom is 0.340 e. The lowest BCUT2D eigenvalue weighted by Gasteiger charge is -2.29. The average molecular weight is 563 g/mol. The number of halogens is 2. The Kier molecular flexibility index (Phi) is 14.4. The van der Waals surface area contributed by atoms with E-state index >= 15 is 0 Å². The molecule has 0 aliphatic heterocycles. The Bertz CT molecular complexity index is 857. The summed E-state index contributed by atoms with van der Waals surface area (Å²) in [5.74, 6) is -0.262. The van der Waals surface area contributed by atoms with Crippen LogP contribution < -0.4 is 0 Å². The molecule has 0 saturated heterocycles. The summed E-state index contributed by atoms with van der Waals surface area (Å²) >= 11 is 0. The predicted octanol–water partition coefficient (Wildman–Crippen LogP) is 9.13. The minimum absolute atomic E-state index is 0.129. The molecule has 6 heteroatoms. The summed E-state index contributed by atoms with van der Waals surface area (Å²) in [4.78, 5) is 24.1. The molecule has 1 aromatic rings. The lowest BCUT2D eigenvalue weighted by Crippen LogP contribution is -2.29. The Morgan fingerprint density at radius 2 is 1.20 bits per heavy atom. The highest BCUT2D eigenvalue weighted by Gasteiger charge is 2.29. The third-order valence-corrected chi connectivity index (χ3v) is 8.96. The van der Waals surface area contributed by atoms with Gasteiger partial charge in [0.05, 0.1) is 0 Å². The Hall–Kier alpha value is -1.98. The number of carbonyl (C=O) groups is 2. The first-order valence-electron chi connectivity index (χ1n) is 16.2. The van der Waals surface area contributed by atoms with E-state index in [0.717, 1.165) is 103 Å². The zero-order valence-electron chi connectivity index (χ0n) is 24.9. The van der Waals surface area contributed by atoms with Crippen molar-refractivity contribution in [1.29, 1.82) is 0 Å². The molecule has 2 aliphatic rings. The molecule has 2 aliphatic carbocycles. The number of carbonyl (C=O) groups excluding carboxylic acids is 2. The van der Waals surface area contributed by atoms with Crippen LogP contribution in [0.1, 0.15) is 140 Å². The molecule has 0 N–H and O–H groups in total. The number of hydrogen-bond acceptors (Lipinski definition) is 4. The lowest BCUT2D eigenvalue weighted by molar-refractivity contribution is -0.158. The topological polar surface area (TPSA) is 52.6 Å². The highest BCUT2D eigenvalue weighted by molar-refractivity contribution is 5.75. The molecule has 0 radical (unpaired) electrons. The molecule has 2 fully saturated rings. The van der Waals surface area contributed by atoms with Gasteiger partial charge in [-0.25, -0.2) is 18.4 Å². The second-order valence-electron chi connectivity index (χ2n) is 12.2. The molecule has 2 saturated carbocycles. The first kappa shape index (κ1) is 32.5. The van der Waals surface area contributed by atoms with Gasteiger partial charge in [0.15, 0.2) is 12.3 Å². The second kappa shape index (κ2) is 17.7. The van der Waals surface area contributed by atoms with Gasteiger partial charge in [-0.05, 0) is 113 Å².